The van der Waals surface area contributed by atoms with Crippen molar-refractivity contribution < 1.29 is 9.50 Å². The molecule has 0 aliphatic carbocycles. The molecular formula is C20H18Cl3FN2O. The van der Waals surface area contributed by atoms with Crippen molar-refractivity contribution in [1.82, 2.24) is 10.3 Å². The first kappa shape index (κ1) is 21.6. The number of nitrogens with zero attached hydrogens (tertiary/aromatic N) is 1. The third kappa shape index (κ3) is 4.98. The minimum Gasteiger partial charge on any atom is -0.386 e. The van der Waals surface area contributed by atoms with Gasteiger partial charge in [0.1, 0.15) is 5.82 Å². The van der Waals surface area contributed by atoms with E-state index in [1.807, 2.05) is 30.3 Å². The van der Waals surface area contributed by atoms with Crippen molar-refractivity contribution in [2.75, 3.05) is 7.05 Å². The van der Waals surface area contributed by atoms with Gasteiger partial charge in [-0.05, 0) is 41.9 Å². The second-order valence-corrected chi connectivity index (χ2v) is 6.71. The maximum Gasteiger partial charge on any atom is 0.142 e. The van der Waals surface area contributed by atoms with Gasteiger partial charge in [-0.15, -0.1) is 12.4 Å². The van der Waals surface area contributed by atoms with E-state index in [-0.39, 0.29) is 24.3 Å². The number of pyridine rings is 1. The van der Waals surface area contributed by atoms with Gasteiger partial charge in [-0.1, -0.05) is 53.5 Å². The Labute approximate surface area is 173 Å². The summed E-state index contributed by atoms with van der Waals surface area (Å²) in [6.45, 7) is 0. The Bertz CT molecular complexity index is 906. The number of aliphatic hydroxyl groups is 1. The van der Waals surface area contributed by atoms with E-state index < -0.39 is 6.10 Å². The second kappa shape index (κ2) is 9.49. The van der Waals surface area contributed by atoms with E-state index in [1.54, 1.807) is 25.4 Å². The summed E-state index contributed by atoms with van der Waals surface area (Å²) in [5.74, 6) is -0.388. The number of likely N-dealkylation sites (N-methyl/N-ethyl adjacent to an activating group) is 1. The third-order valence-electron chi connectivity index (χ3n) is 4.22. The van der Waals surface area contributed by atoms with Gasteiger partial charge >= 0.3 is 0 Å². The largest absolute Gasteiger partial charge is 0.386 e. The first-order valence-electron chi connectivity index (χ1n) is 8.01. The predicted octanol–water partition coefficient (Wildman–Crippen LogP) is 5.61. The minimum atomic E-state index is -0.795. The van der Waals surface area contributed by atoms with Gasteiger partial charge in [0.2, 0.25) is 0 Å². The van der Waals surface area contributed by atoms with Gasteiger partial charge in [0.05, 0.1) is 28.4 Å². The van der Waals surface area contributed by atoms with Crippen LogP contribution in [-0.4, -0.2) is 17.1 Å². The average Bonchev–Trinajstić information content (AvgIpc) is 2.65. The van der Waals surface area contributed by atoms with Crippen LogP contribution in [0.4, 0.5) is 4.39 Å². The van der Waals surface area contributed by atoms with Crippen molar-refractivity contribution in [1.29, 1.82) is 0 Å². The highest BCUT2D eigenvalue weighted by atomic mass is 35.5. The molecule has 0 fully saturated rings. The quantitative estimate of drug-likeness (QED) is 0.556. The summed E-state index contributed by atoms with van der Waals surface area (Å²) >= 11 is 12.1. The molecule has 0 amide bonds. The van der Waals surface area contributed by atoms with Gasteiger partial charge in [0.15, 0.2) is 0 Å². The van der Waals surface area contributed by atoms with Crippen LogP contribution in [0.1, 0.15) is 23.3 Å². The van der Waals surface area contributed by atoms with E-state index in [0.717, 1.165) is 22.9 Å². The lowest BCUT2D eigenvalue weighted by atomic mass is 9.94. The van der Waals surface area contributed by atoms with Crippen molar-refractivity contribution in [2.45, 2.75) is 12.1 Å². The molecule has 0 aliphatic heterocycles. The Hall–Kier alpha value is -1.69. The maximum atomic E-state index is 13.3. The molecule has 0 aliphatic rings. The molecule has 7 heteroatoms. The zero-order valence-corrected chi connectivity index (χ0v) is 16.7. The number of hydrogen-bond acceptors (Lipinski definition) is 3. The first-order valence-corrected chi connectivity index (χ1v) is 8.76. The zero-order chi connectivity index (χ0) is 18.7. The predicted molar refractivity (Wildman–Crippen MR) is 110 cm³/mol. The van der Waals surface area contributed by atoms with Gasteiger partial charge < -0.3 is 10.4 Å². The average molecular weight is 428 g/mol. The highest BCUT2D eigenvalue weighted by Gasteiger charge is 2.22. The lowest BCUT2D eigenvalue weighted by molar-refractivity contribution is 0.133. The molecular weight excluding hydrogens is 410 g/mol. The number of aromatic nitrogens is 1. The summed E-state index contributed by atoms with van der Waals surface area (Å²) in [7, 11) is 1.77. The van der Waals surface area contributed by atoms with Gasteiger partial charge in [-0.25, -0.2) is 4.39 Å². The minimum absolute atomic E-state index is 0. The molecule has 0 spiro atoms. The Morgan fingerprint density at radius 3 is 2.19 bits per heavy atom. The number of rotatable bonds is 5. The van der Waals surface area contributed by atoms with Crippen molar-refractivity contribution in [3.05, 3.63) is 87.9 Å². The van der Waals surface area contributed by atoms with Crippen LogP contribution in [0.3, 0.4) is 0 Å². The highest BCUT2D eigenvalue weighted by molar-refractivity contribution is 6.42. The summed E-state index contributed by atoms with van der Waals surface area (Å²) < 4.78 is 13.3. The molecule has 142 valence electrons. The fourth-order valence-electron chi connectivity index (χ4n) is 2.85. The Morgan fingerprint density at radius 2 is 1.59 bits per heavy atom. The second-order valence-electron chi connectivity index (χ2n) is 5.90. The highest BCUT2D eigenvalue weighted by Crippen LogP contribution is 2.33. The molecule has 2 atom stereocenters. The monoisotopic (exact) mass is 426 g/mol. The normalized spacial score (nSPS) is 12.9. The molecule has 2 N–H and O–H groups in total. The lowest BCUT2D eigenvalue weighted by Crippen LogP contribution is -2.23. The lowest BCUT2D eigenvalue weighted by Gasteiger charge is -2.24. The smallest absolute Gasteiger partial charge is 0.142 e. The van der Waals surface area contributed by atoms with Crippen molar-refractivity contribution >= 4 is 35.6 Å². The topological polar surface area (TPSA) is 45.1 Å². The van der Waals surface area contributed by atoms with Crippen LogP contribution in [0.25, 0.3) is 11.1 Å². The summed E-state index contributed by atoms with van der Waals surface area (Å²) in [6.07, 6.45) is 1.97. The molecule has 0 saturated heterocycles. The fourth-order valence-corrected chi connectivity index (χ4v) is 3.15. The van der Waals surface area contributed by atoms with E-state index in [9.17, 15) is 9.50 Å². The molecule has 3 nitrogen and oxygen atoms in total. The Balaban J connectivity index is 0.00000261. The molecule has 3 rings (SSSR count). The molecule has 27 heavy (non-hydrogen) atoms. The van der Waals surface area contributed by atoms with Crippen LogP contribution in [0.5, 0.6) is 0 Å². The molecule has 0 bridgehead atoms. The number of aliphatic hydroxyl groups excluding tert-OH is 1. The van der Waals surface area contributed by atoms with Crippen LogP contribution >= 0.6 is 35.6 Å². The standard InChI is InChI=1S/C20H17Cl2FN2O.ClH/c1-24-19(14-6-7-17(21)18(22)9-14)20(26)13-4-2-12(3-5-13)15-8-16(23)11-25-10-15;/h2-11,19-20,24,26H,1H3;1H/t19-,20+;/m0./s1. The Morgan fingerprint density at radius 1 is 0.926 bits per heavy atom. The molecule has 1 heterocycles. The van der Waals surface area contributed by atoms with Gasteiger partial charge in [0.25, 0.3) is 0 Å². The molecule has 0 unspecified atom stereocenters. The van der Waals surface area contributed by atoms with Crippen molar-refractivity contribution in [2.24, 2.45) is 0 Å². The molecule has 2 aromatic carbocycles. The number of benzene rings is 2. The van der Waals surface area contributed by atoms with E-state index in [4.69, 9.17) is 23.2 Å². The van der Waals surface area contributed by atoms with Crippen LogP contribution in [0.2, 0.25) is 10.0 Å². The zero-order valence-electron chi connectivity index (χ0n) is 14.4. The molecule has 1 aromatic heterocycles. The van der Waals surface area contributed by atoms with E-state index in [1.165, 1.54) is 6.07 Å². The summed E-state index contributed by atoms with van der Waals surface area (Å²) in [4.78, 5) is 3.86. The summed E-state index contributed by atoms with van der Waals surface area (Å²) in [6, 6.07) is 13.6. The number of nitrogens with one attached hydrogen (secondary N) is 1. The van der Waals surface area contributed by atoms with E-state index in [2.05, 4.69) is 10.3 Å². The fraction of sp³-hybridized carbons (Fsp3) is 0.150. The summed E-state index contributed by atoms with van der Waals surface area (Å²) in [5, 5.41) is 14.8. The van der Waals surface area contributed by atoms with Crippen molar-refractivity contribution in [3.8, 4) is 11.1 Å². The van der Waals surface area contributed by atoms with E-state index in [0.29, 0.717) is 15.6 Å². The van der Waals surface area contributed by atoms with Gasteiger partial charge in [-0.2, -0.15) is 0 Å². The van der Waals surface area contributed by atoms with Crippen LogP contribution in [0, 0.1) is 5.82 Å². The number of hydrogen-bond donors (Lipinski definition) is 2. The molecule has 0 radical (unpaired) electrons. The third-order valence-corrected chi connectivity index (χ3v) is 4.96. The van der Waals surface area contributed by atoms with Crippen LogP contribution < -0.4 is 5.32 Å². The Kier molecular flexibility index (Phi) is 7.59. The maximum absolute atomic E-state index is 13.3. The summed E-state index contributed by atoms with van der Waals surface area (Å²) in [5.41, 5.74) is 3.06. The number of halogens is 4. The van der Waals surface area contributed by atoms with Crippen LogP contribution in [0.15, 0.2) is 60.9 Å². The van der Waals surface area contributed by atoms with Crippen LogP contribution in [-0.2, 0) is 0 Å². The van der Waals surface area contributed by atoms with Crippen molar-refractivity contribution in [3.63, 3.8) is 0 Å². The van der Waals surface area contributed by atoms with Gasteiger partial charge in [-0.3, -0.25) is 4.98 Å². The molecule has 3 aromatic rings. The SMILES string of the molecule is CN[C@@H](c1ccc(Cl)c(Cl)c1)[C@H](O)c1ccc(-c2cncc(F)c2)cc1.Cl. The molecule has 0 saturated carbocycles. The van der Waals surface area contributed by atoms with E-state index >= 15 is 0 Å². The van der Waals surface area contributed by atoms with Gasteiger partial charge in [0, 0.05) is 11.8 Å². The first-order chi connectivity index (χ1) is 12.5.